The van der Waals surface area contributed by atoms with Crippen LogP contribution < -0.4 is 10.6 Å². The predicted octanol–water partition coefficient (Wildman–Crippen LogP) is 3.65. The fraction of sp³-hybridized carbons (Fsp3) is 0.391. The van der Waals surface area contributed by atoms with Crippen LogP contribution in [0.2, 0.25) is 0 Å². The molecule has 0 aliphatic heterocycles. The Morgan fingerprint density at radius 3 is 1.41 bits per heavy atom. The van der Waals surface area contributed by atoms with Crippen LogP contribution in [-0.4, -0.2) is 24.9 Å². The lowest BCUT2D eigenvalue weighted by atomic mass is 10.1. The van der Waals surface area contributed by atoms with Gasteiger partial charge < -0.3 is 10.6 Å². The van der Waals surface area contributed by atoms with E-state index in [1.165, 1.54) is 11.1 Å². The minimum atomic E-state index is 0.0277. The van der Waals surface area contributed by atoms with Crippen molar-refractivity contribution in [1.29, 1.82) is 0 Å². The summed E-state index contributed by atoms with van der Waals surface area (Å²) < 4.78 is 0. The zero-order chi connectivity index (χ0) is 19.2. The lowest BCUT2D eigenvalue weighted by molar-refractivity contribution is -0.122. The summed E-state index contributed by atoms with van der Waals surface area (Å²) in [5.74, 6) is 0.0554. The first-order valence-electron chi connectivity index (χ1n) is 9.85. The summed E-state index contributed by atoms with van der Waals surface area (Å²) in [5.41, 5.74) is 2.58. The predicted molar refractivity (Wildman–Crippen MR) is 109 cm³/mol. The normalized spacial score (nSPS) is 10.4. The molecule has 2 aromatic carbocycles. The van der Waals surface area contributed by atoms with Crippen LogP contribution in [0.25, 0.3) is 0 Å². The van der Waals surface area contributed by atoms with Crippen molar-refractivity contribution < 1.29 is 9.59 Å². The molecule has 0 aliphatic rings. The van der Waals surface area contributed by atoms with Crippen LogP contribution in [0.4, 0.5) is 0 Å². The number of benzene rings is 2. The summed E-state index contributed by atoms with van der Waals surface area (Å²) in [4.78, 5) is 23.6. The quantitative estimate of drug-likeness (QED) is 0.563. The second kappa shape index (κ2) is 12.7. The number of hydrogen-bond donors (Lipinski definition) is 2. The minimum absolute atomic E-state index is 0.0277. The first-order chi connectivity index (χ1) is 13.2. The van der Waals surface area contributed by atoms with Crippen LogP contribution in [0.5, 0.6) is 0 Å². The Labute approximate surface area is 162 Å². The molecule has 0 spiro atoms. The molecule has 4 heteroatoms. The van der Waals surface area contributed by atoms with Gasteiger partial charge in [0.2, 0.25) is 11.8 Å². The van der Waals surface area contributed by atoms with Gasteiger partial charge in [-0.3, -0.25) is 9.59 Å². The second-order valence-corrected chi connectivity index (χ2v) is 6.73. The lowest BCUT2D eigenvalue weighted by Gasteiger charge is -2.07. The number of carbonyl (C=O) groups excluding carboxylic acids is 2. The topological polar surface area (TPSA) is 58.2 Å². The average Bonchev–Trinajstić information content (AvgIpc) is 2.70. The molecule has 2 aromatic rings. The highest BCUT2D eigenvalue weighted by atomic mass is 16.2. The molecule has 0 saturated carbocycles. The van der Waals surface area contributed by atoms with E-state index in [9.17, 15) is 9.59 Å². The standard InChI is InChI=1S/C23H30N2O2/c26-22(24-18-8-14-20-10-3-1-4-11-20)16-7-17-23(27)25-19-9-15-21-12-5-2-6-13-21/h1-6,10-13H,7-9,14-19H2,(H,24,26)(H,25,27). The van der Waals surface area contributed by atoms with Crippen molar-refractivity contribution >= 4 is 11.8 Å². The van der Waals surface area contributed by atoms with Crippen LogP contribution in [0.1, 0.15) is 43.2 Å². The third kappa shape index (κ3) is 9.59. The highest BCUT2D eigenvalue weighted by Gasteiger charge is 2.05. The molecular weight excluding hydrogens is 336 g/mol. The second-order valence-electron chi connectivity index (χ2n) is 6.73. The van der Waals surface area contributed by atoms with E-state index in [4.69, 9.17) is 0 Å². The summed E-state index contributed by atoms with van der Waals surface area (Å²) in [5, 5.41) is 5.85. The smallest absolute Gasteiger partial charge is 0.220 e. The van der Waals surface area contributed by atoms with Gasteiger partial charge in [-0.05, 0) is 43.2 Å². The lowest BCUT2D eigenvalue weighted by Crippen LogP contribution is -2.27. The first kappa shape index (κ1) is 20.7. The van der Waals surface area contributed by atoms with Gasteiger partial charge in [-0.2, -0.15) is 0 Å². The van der Waals surface area contributed by atoms with E-state index in [1.807, 2.05) is 36.4 Å². The monoisotopic (exact) mass is 366 g/mol. The summed E-state index contributed by atoms with van der Waals surface area (Å²) in [6, 6.07) is 20.5. The maximum absolute atomic E-state index is 11.8. The van der Waals surface area contributed by atoms with Crippen LogP contribution >= 0.6 is 0 Å². The molecule has 0 bridgehead atoms. The summed E-state index contributed by atoms with van der Waals surface area (Å²) >= 11 is 0. The molecule has 27 heavy (non-hydrogen) atoms. The third-order valence-electron chi connectivity index (χ3n) is 4.42. The Hall–Kier alpha value is -2.62. The van der Waals surface area contributed by atoms with Gasteiger partial charge in [0.1, 0.15) is 0 Å². The molecule has 0 heterocycles. The van der Waals surface area contributed by atoms with Crippen LogP contribution in [0.3, 0.4) is 0 Å². The number of carbonyl (C=O) groups is 2. The zero-order valence-electron chi connectivity index (χ0n) is 16.0. The van der Waals surface area contributed by atoms with Crippen molar-refractivity contribution in [2.75, 3.05) is 13.1 Å². The molecular formula is C23H30N2O2. The van der Waals surface area contributed by atoms with E-state index < -0.39 is 0 Å². The molecule has 2 N–H and O–H groups in total. The summed E-state index contributed by atoms with van der Waals surface area (Å²) in [7, 11) is 0. The summed E-state index contributed by atoms with van der Waals surface area (Å²) in [6.07, 6.45) is 5.19. The Bertz CT molecular complexity index is 612. The molecule has 0 saturated heterocycles. The fourth-order valence-electron chi connectivity index (χ4n) is 2.92. The average molecular weight is 367 g/mol. The molecule has 0 aliphatic carbocycles. The SMILES string of the molecule is O=C(CCCC(=O)NCCCc1ccccc1)NCCCc1ccccc1. The molecule has 144 valence electrons. The van der Waals surface area contributed by atoms with Gasteiger partial charge in [0.05, 0.1) is 0 Å². The minimum Gasteiger partial charge on any atom is -0.356 e. The maximum atomic E-state index is 11.8. The number of rotatable bonds is 12. The Morgan fingerprint density at radius 2 is 1.00 bits per heavy atom. The van der Waals surface area contributed by atoms with Crippen molar-refractivity contribution in [1.82, 2.24) is 10.6 Å². The number of amides is 2. The molecule has 4 nitrogen and oxygen atoms in total. The zero-order valence-corrected chi connectivity index (χ0v) is 16.0. The largest absolute Gasteiger partial charge is 0.356 e. The Balaban J connectivity index is 1.44. The van der Waals surface area contributed by atoms with E-state index in [0.717, 1.165) is 25.7 Å². The van der Waals surface area contributed by atoms with Gasteiger partial charge in [-0.15, -0.1) is 0 Å². The maximum Gasteiger partial charge on any atom is 0.220 e. The van der Waals surface area contributed by atoms with Gasteiger partial charge in [0.15, 0.2) is 0 Å². The highest BCUT2D eigenvalue weighted by molar-refractivity contribution is 5.78. The number of aryl methyl sites for hydroxylation is 2. The molecule has 0 fully saturated rings. The molecule has 0 atom stereocenters. The number of hydrogen-bond acceptors (Lipinski definition) is 2. The van der Waals surface area contributed by atoms with Gasteiger partial charge >= 0.3 is 0 Å². The van der Waals surface area contributed by atoms with Gasteiger partial charge in [-0.1, -0.05) is 60.7 Å². The van der Waals surface area contributed by atoms with E-state index in [2.05, 4.69) is 34.9 Å². The van der Waals surface area contributed by atoms with Gasteiger partial charge in [0.25, 0.3) is 0 Å². The van der Waals surface area contributed by atoms with E-state index in [0.29, 0.717) is 32.4 Å². The van der Waals surface area contributed by atoms with Crippen molar-refractivity contribution in [3.63, 3.8) is 0 Å². The molecule has 0 aromatic heterocycles. The van der Waals surface area contributed by atoms with Crippen molar-refractivity contribution in [2.45, 2.75) is 44.9 Å². The highest BCUT2D eigenvalue weighted by Crippen LogP contribution is 2.03. The molecule has 0 radical (unpaired) electrons. The van der Waals surface area contributed by atoms with Crippen molar-refractivity contribution in [3.05, 3.63) is 71.8 Å². The van der Waals surface area contributed by atoms with E-state index in [-0.39, 0.29) is 11.8 Å². The molecule has 2 rings (SSSR count). The first-order valence-corrected chi connectivity index (χ1v) is 9.85. The van der Waals surface area contributed by atoms with Gasteiger partial charge in [0, 0.05) is 25.9 Å². The van der Waals surface area contributed by atoms with Crippen LogP contribution in [-0.2, 0) is 22.4 Å². The summed E-state index contributed by atoms with van der Waals surface area (Å²) in [6.45, 7) is 1.36. The third-order valence-corrected chi connectivity index (χ3v) is 4.42. The number of nitrogens with one attached hydrogen (secondary N) is 2. The van der Waals surface area contributed by atoms with Crippen molar-refractivity contribution in [3.8, 4) is 0 Å². The molecule has 2 amide bonds. The van der Waals surface area contributed by atoms with Crippen LogP contribution in [0.15, 0.2) is 60.7 Å². The van der Waals surface area contributed by atoms with E-state index >= 15 is 0 Å². The fourth-order valence-corrected chi connectivity index (χ4v) is 2.92. The van der Waals surface area contributed by atoms with Crippen molar-refractivity contribution in [2.24, 2.45) is 0 Å². The van der Waals surface area contributed by atoms with Crippen LogP contribution in [0, 0.1) is 0 Å². The van der Waals surface area contributed by atoms with Gasteiger partial charge in [-0.25, -0.2) is 0 Å². The Morgan fingerprint density at radius 1 is 0.593 bits per heavy atom. The Kier molecular flexibility index (Phi) is 9.72. The van der Waals surface area contributed by atoms with E-state index in [1.54, 1.807) is 0 Å². The molecule has 0 unspecified atom stereocenters.